The van der Waals surface area contributed by atoms with Crippen molar-refractivity contribution >= 4 is 5.78 Å². The second kappa shape index (κ2) is 7.94. The van der Waals surface area contributed by atoms with E-state index in [0.29, 0.717) is 18.7 Å². The molecule has 0 aromatic carbocycles. The molecule has 1 heterocycles. The highest BCUT2D eigenvalue weighted by atomic mass is 16.1. The Morgan fingerprint density at radius 3 is 2.07 bits per heavy atom. The third-order valence-electron chi connectivity index (χ3n) is 2.39. The van der Waals surface area contributed by atoms with Gasteiger partial charge in [0, 0.05) is 32.6 Å². The molecule has 1 aliphatic rings. The van der Waals surface area contributed by atoms with Gasteiger partial charge in [0.15, 0.2) is 0 Å². The Kier molecular flexibility index (Phi) is 7.71. The lowest BCUT2D eigenvalue weighted by Gasteiger charge is -2.31. The lowest BCUT2D eigenvalue weighted by Crippen LogP contribution is -2.46. The highest BCUT2D eigenvalue weighted by molar-refractivity contribution is 5.80. The van der Waals surface area contributed by atoms with E-state index in [0.717, 1.165) is 26.2 Å². The van der Waals surface area contributed by atoms with Crippen LogP contribution in [0.4, 0.5) is 0 Å². The first-order valence-corrected chi connectivity index (χ1v) is 5.65. The maximum Gasteiger partial charge on any atom is 0.146 e. The molecule has 0 atom stereocenters. The molecule has 0 spiro atoms. The maximum absolute atomic E-state index is 11.1. The first-order valence-electron chi connectivity index (χ1n) is 5.65. The summed E-state index contributed by atoms with van der Waals surface area (Å²) in [6, 6.07) is 0. The van der Waals surface area contributed by atoms with Crippen molar-refractivity contribution < 1.29 is 4.79 Å². The van der Waals surface area contributed by atoms with E-state index < -0.39 is 0 Å². The molecule has 0 radical (unpaired) electrons. The topological polar surface area (TPSA) is 23.6 Å². The highest BCUT2D eigenvalue weighted by Gasteiger charge is 2.15. The van der Waals surface area contributed by atoms with E-state index in [1.54, 1.807) is 0 Å². The van der Waals surface area contributed by atoms with Crippen molar-refractivity contribution in [1.29, 1.82) is 0 Å². The molecule has 0 N–H and O–H groups in total. The smallest absolute Gasteiger partial charge is 0.146 e. The van der Waals surface area contributed by atoms with Crippen molar-refractivity contribution in [2.24, 2.45) is 0 Å². The van der Waals surface area contributed by atoms with Crippen molar-refractivity contribution in [1.82, 2.24) is 9.80 Å². The fraction of sp³-hybridized carbons (Fsp3) is 0.909. The molecule has 0 aliphatic carbocycles. The normalized spacial score (nSPS) is 18.6. The van der Waals surface area contributed by atoms with Crippen LogP contribution in [0.2, 0.25) is 0 Å². The van der Waals surface area contributed by atoms with Crippen LogP contribution >= 0.6 is 0 Å². The van der Waals surface area contributed by atoms with Gasteiger partial charge in [0.05, 0.1) is 6.54 Å². The summed E-state index contributed by atoms with van der Waals surface area (Å²) in [7, 11) is 2.12. The molecule has 14 heavy (non-hydrogen) atoms. The monoisotopic (exact) mass is 200 g/mol. The fourth-order valence-corrected chi connectivity index (χ4v) is 1.37. The minimum Gasteiger partial charge on any atom is -0.304 e. The SMILES string of the molecule is CC.CCC(=O)CN1CCN(C)CC1. The van der Waals surface area contributed by atoms with Crippen molar-refractivity contribution in [2.75, 3.05) is 39.8 Å². The molecule has 84 valence electrons. The van der Waals surface area contributed by atoms with Gasteiger partial charge in [-0.2, -0.15) is 0 Å². The van der Waals surface area contributed by atoms with E-state index >= 15 is 0 Å². The Bertz CT molecular complexity index is 151. The Morgan fingerprint density at radius 1 is 1.14 bits per heavy atom. The van der Waals surface area contributed by atoms with E-state index in [9.17, 15) is 4.79 Å². The van der Waals surface area contributed by atoms with Crippen molar-refractivity contribution in [3.63, 3.8) is 0 Å². The Labute approximate surface area is 88.1 Å². The number of nitrogens with zero attached hydrogens (tertiary/aromatic N) is 2. The van der Waals surface area contributed by atoms with E-state index in [2.05, 4.69) is 16.8 Å². The Hall–Kier alpha value is -0.410. The first kappa shape index (κ1) is 13.6. The second-order valence-corrected chi connectivity index (χ2v) is 3.47. The summed E-state index contributed by atoms with van der Waals surface area (Å²) in [5.74, 6) is 0.361. The zero-order valence-electron chi connectivity index (χ0n) is 10.0. The van der Waals surface area contributed by atoms with Crippen LogP contribution in [-0.2, 0) is 4.79 Å². The van der Waals surface area contributed by atoms with Crippen molar-refractivity contribution in [2.45, 2.75) is 27.2 Å². The minimum absolute atomic E-state index is 0.361. The van der Waals surface area contributed by atoms with Crippen LogP contribution in [0.5, 0.6) is 0 Å². The highest BCUT2D eigenvalue weighted by Crippen LogP contribution is 1.99. The van der Waals surface area contributed by atoms with Gasteiger partial charge in [-0.3, -0.25) is 9.69 Å². The molecular formula is C11H24N2O. The van der Waals surface area contributed by atoms with E-state index in [-0.39, 0.29) is 0 Å². The molecule has 1 saturated heterocycles. The van der Waals surface area contributed by atoms with Crippen LogP contribution in [0.3, 0.4) is 0 Å². The third kappa shape index (κ3) is 5.35. The average molecular weight is 200 g/mol. The van der Waals surface area contributed by atoms with E-state index in [1.807, 2.05) is 20.8 Å². The molecule has 0 aromatic heterocycles. The van der Waals surface area contributed by atoms with E-state index in [4.69, 9.17) is 0 Å². The number of ketones is 1. The fourth-order valence-electron chi connectivity index (χ4n) is 1.37. The number of piperazine rings is 1. The standard InChI is InChI=1S/C9H18N2O.C2H6/c1-3-9(12)8-11-6-4-10(2)5-7-11;1-2/h3-8H2,1-2H3;1-2H3. The van der Waals surface area contributed by atoms with Crippen LogP contribution in [0, 0.1) is 0 Å². The van der Waals surface area contributed by atoms with Gasteiger partial charge in [-0.05, 0) is 7.05 Å². The lowest BCUT2D eigenvalue weighted by atomic mass is 10.2. The summed E-state index contributed by atoms with van der Waals surface area (Å²) in [5, 5.41) is 0. The van der Waals surface area contributed by atoms with Crippen LogP contribution in [0.1, 0.15) is 27.2 Å². The van der Waals surface area contributed by atoms with Gasteiger partial charge in [-0.1, -0.05) is 20.8 Å². The Balaban J connectivity index is 0.000000791. The average Bonchev–Trinajstić information content (AvgIpc) is 2.24. The molecule has 1 rings (SSSR count). The number of likely N-dealkylation sites (N-methyl/N-ethyl adjacent to an activating group) is 1. The number of Topliss-reactive ketones (excluding diaryl/α,β-unsaturated/α-hetero) is 1. The quantitative estimate of drug-likeness (QED) is 0.685. The van der Waals surface area contributed by atoms with Crippen molar-refractivity contribution in [3.8, 4) is 0 Å². The summed E-state index contributed by atoms with van der Waals surface area (Å²) in [6.07, 6.45) is 0.673. The summed E-state index contributed by atoms with van der Waals surface area (Å²) in [6.45, 7) is 10.9. The number of carbonyl (C=O) groups excluding carboxylic acids is 1. The van der Waals surface area contributed by atoms with Gasteiger partial charge < -0.3 is 4.90 Å². The summed E-state index contributed by atoms with van der Waals surface area (Å²) < 4.78 is 0. The van der Waals surface area contributed by atoms with Crippen LogP contribution in [0.25, 0.3) is 0 Å². The van der Waals surface area contributed by atoms with Gasteiger partial charge >= 0.3 is 0 Å². The molecule has 1 aliphatic heterocycles. The van der Waals surface area contributed by atoms with Gasteiger partial charge in [-0.15, -0.1) is 0 Å². The number of hydrogen-bond donors (Lipinski definition) is 0. The molecule has 1 fully saturated rings. The molecule has 0 bridgehead atoms. The number of hydrogen-bond acceptors (Lipinski definition) is 3. The predicted octanol–water partition coefficient (Wildman–Crippen LogP) is 1.24. The number of rotatable bonds is 3. The molecule has 3 heteroatoms. The van der Waals surface area contributed by atoms with Crippen LogP contribution in [-0.4, -0.2) is 55.4 Å². The van der Waals surface area contributed by atoms with Gasteiger partial charge in [0.25, 0.3) is 0 Å². The molecule has 3 nitrogen and oxygen atoms in total. The summed E-state index contributed by atoms with van der Waals surface area (Å²) in [5.41, 5.74) is 0. The minimum atomic E-state index is 0.361. The van der Waals surface area contributed by atoms with Gasteiger partial charge in [0.1, 0.15) is 5.78 Å². The Morgan fingerprint density at radius 2 is 1.64 bits per heavy atom. The molecule has 0 amide bonds. The predicted molar refractivity (Wildman–Crippen MR) is 60.6 cm³/mol. The summed E-state index contributed by atoms with van der Waals surface area (Å²) >= 11 is 0. The van der Waals surface area contributed by atoms with Gasteiger partial charge in [0.2, 0.25) is 0 Å². The second-order valence-electron chi connectivity index (χ2n) is 3.47. The first-order chi connectivity index (χ1) is 6.72. The maximum atomic E-state index is 11.1. The zero-order valence-corrected chi connectivity index (χ0v) is 10.0. The molecule has 0 unspecified atom stereocenters. The molecular weight excluding hydrogens is 176 g/mol. The zero-order chi connectivity index (χ0) is 11.0. The van der Waals surface area contributed by atoms with Crippen molar-refractivity contribution in [3.05, 3.63) is 0 Å². The summed E-state index contributed by atoms with van der Waals surface area (Å²) in [4.78, 5) is 15.6. The largest absolute Gasteiger partial charge is 0.304 e. The van der Waals surface area contributed by atoms with Crippen LogP contribution in [0.15, 0.2) is 0 Å². The van der Waals surface area contributed by atoms with Crippen LogP contribution < -0.4 is 0 Å². The van der Waals surface area contributed by atoms with E-state index in [1.165, 1.54) is 0 Å². The molecule has 0 saturated carbocycles. The lowest BCUT2D eigenvalue weighted by molar-refractivity contribution is -0.120. The third-order valence-corrected chi connectivity index (χ3v) is 2.39. The number of carbonyl (C=O) groups is 1. The molecule has 0 aromatic rings. The van der Waals surface area contributed by atoms with Gasteiger partial charge in [-0.25, -0.2) is 0 Å².